The molecule has 0 aliphatic carbocycles. The summed E-state index contributed by atoms with van der Waals surface area (Å²) in [5.74, 6) is 0. The first-order chi connectivity index (χ1) is 6.81. The highest BCUT2D eigenvalue weighted by molar-refractivity contribution is 5.10. The first-order valence-electron chi connectivity index (χ1n) is 5.09. The minimum atomic E-state index is 0.246. The van der Waals surface area contributed by atoms with Crippen LogP contribution < -0.4 is 5.32 Å². The third-order valence-electron chi connectivity index (χ3n) is 2.22. The quantitative estimate of drug-likeness (QED) is 0.744. The van der Waals surface area contributed by atoms with Crippen molar-refractivity contribution in [2.75, 3.05) is 20.3 Å². The summed E-state index contributed by atoms with van der Waals surface area (Å²) in [6.07, 6.45) is 3.95. The average molecular weight is 197 g/mol. The molecule has 0 radical (unpaired) electrons. The van der Waals surface area contributed by atoms with E-state index in [1.807, 2.05) is 24.9 Å². The lowest BCUT2D eigenvalue weighted by Gasteiger charge is -2.13. The fourth-order valence-corrected chi connectivity index (χ4v) is 1.31. The maximum Gasteiger partial charge on any atom is 0.0662 e. The number of nitrogens with zero attached hydrogens (tertiary/aromatic N) is 2. The van der Waals surface area contributed by atoms with Crippen LogP contribution in [0.4, 0.5) is 0 Å². The van der Waals surface area contributed by atoms with Gasteiger partial charge in [0, 0.05) is 24.9 Å². The monoisotopic (exact) mass is 197 g/mol. The lowest BCUT2D eigenvalue weighted by atomic mass is 10.2. The lowest BCUT2D eigenvalue weighted by Crippen LogP contribution is -2.21. The van der Waals surface area contributed by atoms with Crippen LogP contribution in [-0.4, -0.2) is 30.0 Å². The van der Waals surface area contributed by atoms with Gasteiger partial charge in [-0.2, -0.15) is 5.10 Å². The van der Waals surface area contributed by atoms with Gasteiger partial charge in [-0.15, -0.1) is 0 Å². The molecule has 0 amide bonds. The maximum atomic E-state index is 5.38. The molecule has 0 aliphatic rings. The van der Waals surface area contributed by atoms with Crippen LogP contribution in [0.5, 0.6) is 0 Å². The molecular formula is C10H19N3O. The van der Waals surface area contributed by atoms with Crippen molar-refractivity contribution in [1.29, 1.82) is 0 Å². The van der Waals surface area contributed by atoms with Crippen molar-refractivity contribution in [2.24, 2.45) is 0 Å². The zero-order valence-electron chi connectivity index (χ0n) is 9.16. The smallest absolute Gasteiger partial charge is 0.0662 e. The van der Waals surface area contributed by atoms with Gasteiger partial charge in [-0.3, -0.25) is 4.68 Å². The summed E-state index contributed by atoms with van der Waals surface area (Å²) < 4.78 is 7.31. The number of hydrogen-bond acceptors (Lipinski definition) is 3. The van der Waals surface area contributed by atoms with Gasteiger partial charge in [0.15, 0.2) is 0 Å². The third-order valence-corrected chi connectivity index (χ3v) is 2.22. The third kappa shape index (κ3) is 2.82. The molecule has 1 N–H and O–H groups in total. The molecule has 4 heteroatoms. The van der Waals surface area contributed by atoms with Crippen LogP contribution in [0.25, 0.3) is 0 Å². The van der Waals surface area contributed by atoms with Gasteiger partial charge in [-0.25, -0.2) is 0 Å². The van der Waals surface area contributed by atoms with E-state index in [0.717, 1.165) is 13.2 Å². The van der Waals surface area contributed by atoms with Crippen LogP contribution in [0.1, 0.15) is 25.5 Å². The first-order valence-corrected chi connectivity index (χ1v) is 5.09. The molecule has 1 unspecified atom stereocenters. The zero-order chi connectivity index (χ0) is 10.4. The van der Waals surface area contributed by atoms with Gasteiger partial charge in [0.05, 0.1) is 18.8 Å². The fraction of sp³-hybridized carbons (Fsp3) is 0.700. The van der Waals surface area contributed by atoms with Crippen LogP contribution >= 0.6 is 0 Å². The first kappa shape index (κ1) is 11.2. The van der Waals surface area contributed by atoms with Gasteiger partial charge in [-0.1, -0.05) is 0 Å². The minimum absolute atomic E-state index is 0.246. The van der Waals surface area contributed by atoms with Crippen molar-refractivity contribution < 1.29 is 4.74 Å². The molecule has 4 nitrogen and oxygen atoms in total. The second-order valence-corrected chi connectivity index (χ2v) is 3.13. The Kier molecular flexibility index (Phi) is 4.62. The largest absolute Gasteiger partial charge is 0.380 e. The van der Waals surface area contributed by atoms with Crippen molar-refractivity contribution in [3.05, 3.63) is 18.0 Å². The number of hydrogen-bond donors (Lipinski definition) is 1. The van der Waals surface area contributed by atoms with E-state index in [2.05, 4.69) is 23.5 Å². The van der Waals surface area contributed by atoms with Gasteiger partial charge in [0.25, 0.3) is 0 Å². The Morgan fingerprint density at radius 2 is 2.36 bits per heavy atom. The highest BCUT2D eigenvalue weighted by Gasteiger charge is 2.10. The zero-order valence-corrected chi connectivity index (χ0v) is 9.16. The molecule has 0 spiro atoms. The van der Waals surface area contributed by atoms with Gasteiger partial charge in [0.2, 0.25) is 0 Å². The second-order valence-electron chi connectivity index (χ2n) is 3.13. The Balaban J connectivity index is 2.58. The van der Waals surface area contributed by atoms with Gasteiger partial charge in [-0.05, 0) is 20.9 Å². The van der Waals surface area contributed by atoms with E-state index >= 15 is 0 Å². The topological polar surface area (TPSA) is 39.1 Å². The van der Waals surface area contributed by atoms with Gasteiger partial charge >= 0.3 is 0 Å². The van der Waals surface area contributed by atoms with Crippen molar-refractivity contribution in [1.82, 2.24) is 15.1 Å². The van der Waals surface area contributed by atoms with E-state index in [-0.39, 0.29) is 6.04 Å². The molecule has 1 rings (SSSR count). The summed E-state index contributed by atoms with van der Waals surface area (Å²) in [6.45, 7) is 6.43. The predicted molar refractivity (Wildman–Crippen MR) is 56.2 cm³/mol. The molecule has 14 heavy (non-hydrogen) atoms. The molecule has 1 aromatic rings. The number of rotatable bonds is 6. The molecule has 1 atom stereocenters. The van der Waals surface area contributed by atoms with Crippen molar-refractivity contribution in [2.45, 2.75) is 26.4 Å². The van der Waals surface area contributed by atoms with Crippen LogP contribution in [0.2, 0.25) is 0 Å². The predicted octanol–water partition coefficient (Wildman–Crippen LogP) is 1.20. The number of aryl methyl sites for hydroxylation is 1. The molecule has 0 aromatic carbocycles. The van der Waals surface area contributed by atoms with E-state index < -0.39 is 0 Å². The van der Waals surface area contributed by atoms with Crippen LogP contribution in [0.3, 0.4) is 0 Å². The molecule has 0 bridgehead atoms. The van der Waals surface area contributed by atoms with Gasteiger partial charge < -0.3 is 10.1 Å². The molecule has 80 valence electrons. The highest BCUT2D eigenvalue weighted by Crippen LogP contribution is 2.11. The summed E-state index contributed by atoms with van der Waals surface area (Å²) in [5.41, 5.74) is 1.18. The van der Waals surface area contributed by atoms with E-state index in [1.54, 1.807) is 0 Å². The summed E-state index contributed by atoms with van der Waals surface area (Å²) in [6, 6.07) is 0.246. The molecule has 0 saturated heterocycles. The lowest BCUT2D eigenvalue weighted by molar-refractivity contribution is 0.125. The van der Waals surface area contributed by atoms with Crippen LogP contribution in [0, 0.1) is 0 Å². The van der Waals surface area contributed by atoms with Crippen LogP contribution in [-0.2, 0) is 11.3 Å². The van der Waals surface area contributed by atoms with Gasteiger partial charge in [0.1, 0.15) is 0 Å². The Hall–Kier alpha value is -0.870. The number of aromatic nitrogens is 2. The normalized spacial score (nSPS) is 13.1. The maximum absolute atomic E-state index is 5.38. The summed E-state index contributed by atoms with van der Waals surface area (Å²) in [4.78, 5) is 0. The fourth-order valence-electron chi connectivity index (χ4n) is 1.31. The Morgan fingerprint density at radius 3 is 2.86 bits per heavy atom. The average Bonchev–Trinajstić information content (AvgIpc) is 2.68. The standard InChI is InChI=1S/C10H19N3O/c1-4-13-7-9(6-12-13)10(11-3)8-14-5-2/h6-7,10-11H,4-5,8H2,1-3H3. The van der Waals surface area contributed by atoms with Crippen LogP contribution in [0.15, 0.2) is 12.4 Å². The Bertz CT molecular complexity index is 260. The van der Waals surface area contributed by atoms with Crippen molar-refractivity contribution >= 4 is 0 Å². The second kappa shape index (κ2) is 5.78. The van der Waals surface area contributed by atoms with E-state index in [1.165, 1.54) is 5.56 Å². The molecule has 0 fully saturated rings. The number of nitrogens with one attached hydrogen (secondary N) is 1. The SMILES string of the molecule is CCOCC(NC)c1cnn(CC)c1. The summed E-state index contributed by atoms with van der Waals surface area (Å²) in [5, 5.41) is 7.44. The molecule has 0 saturated carbocycles. The van der Waals surface area contributed by atoms with E-state index in [0.29, 0.717) is 6.61 Å². The number of likely N-dealkylation sites (N-methyl/N-ethyl adjacent to an activating group) is 1. The minimum Gasteiger partial charge on any atom is -0.380 e. The number of ether oxygens (including phenoxy) is 1. The Morgan fingerprint density at radius 1 is 1.57 bits per heavy atom. The van der Waals surface area contributed by atoms with Crippen molar-refractivity contribution in [3.63, 3.8) is 0 Å². The van der Waals surface area contributed by atoms with E-state index in [9.17, 15) is 0 Å². The molecule has 1 aromatic heterocycles. The Labute approximate surface area is 85.3 Å². The summed E-state index contributed by atoms with van der Waals surface area (Å²) >= 11 is 0. The summed E-state index contributed by atoms with van der Waals surface area (Å²) in [7, 11) is 1.94. The highest BCUT2D eigenvalue weighted by atomic mass is 16.5. The molecule has 0 aliphatic heterocycles. The van der Waals surface area contributed by atoms with E-state index in [4.69, 9.17) is 4.74 Å². The molecular weight excluding hydrogens is 178 g/mol. The van der Waals surface area contributed by atoms with Crippen molar-refractivity contribution in [3.8, 4) is 0 Å². The molecule has 1 heterocycles.